The largest absolute Gasteiger partial charge is 0.302 e. The van der Waals surface area contributed by atoms with E-state index in [2.05, 4.69) is 20.0 Å². The molecule has 0 saturated heterocycles. The Kier molecular flexibility index (Phi) is 6.17. The highest BCUT2D eigenvalue weighted by atomic mass is 35.5. The molecule has 0 aliphatic carbocycles. The van der Waals surface area contributed by atoms with Crippen LogP contribution in [0.3, 0.4) is 0 Å². The number of aromatic nitrogens is 2. The minimum absolute atomic E-state index is 0.0306. The zero-order chi connectivity index (χ0) is 20.3. The van der Waals surface area contributed by atoms with Gasteiger partial charge in [-0.1, -0.05) is 42.3 Å². The lowest BCUT2D eigenvalue weighted by atomic mass is 10.1. The molecule has 28 heavy (non-hydrogen) atoms. The van der Waals surface area contributed by atoms with Crippen molar-refractivity contribution in [3.63, 3.8) is 0 Å². The van der Waals surface area contributed by atoms with E-state index in [1.165, 1.54) is 18.3 Å². The summed E-state index contributed by atoms with van der Waals surface area (Å²) in [7, 11) is -3.48. The van der Waals surface area contributed by atoms with Crippen LogP contribution in [0.25, 0.3) is 21.3 Å². The van der Waals surface area contributed by atoms with E-state index in [9.17, 15) is 13.2 Å². The van der Waals surface area contributed by atoms with Crippen LogP contribution >= 0.6 is 22.9 Å². The topological polar surface area (TPSA) is 101 Å². The van der Waals surface area contributed by atoms with Crippen LogP contribution in [0.5, 0.6) is 0 Å². The third kappa shape index (κ3) is 4.98. The van der Waals surface area contributed by atoms with Crippen LogP contribution in [-0.4, -0.2) is 30.0 Å². The average molecular weight is 439 g/mol. The number of amides is 1. The number of anilines is 2. The second-order valence-corrected chi connectivity index (χ2v) is 9.45. The number of hydrogen-bond donors (Lipinski definition) is 2. The number of nitrogens with zero attached hydrogens (tertiary/aromatic N) is 2. The maximum absolute atomic E-state index is 12.2. The molecule has 2 N–H and O–H groups in total. The molecule has 0 radical (unpaired) electrons. The molecule has 0 saturated carbocycles. The number of nitrogens with one attached hydrogen (secondary N) is 2. The van der Waals surface area contributed by atoms with Gasteiger partial charge in [-0.15, -0.1) is 0 Å². The number of fused-ring (bicyclic) bond motifs is 1. The highest BCUT2D eigenvalue weighted by Gasteiger charge is 2.14. The summed E-state index contributed by atoms with van der Waals surface area (Å²) >= 11 is 7.44. The number of thiazole rings is 1. The molecule has 1 amide bonds. The summed E-state index contributed by atoms with van der Waals surface area (Å²) in [5.74, 6) is -0.149. The maximum Gasteiger partial charge on any atom is 0.232 e. The van der Waals surface area contributed by atoms with Crippen molar-refractivity contribution < 1.29 is 13.2 Å². The first-order valence-corrected chi connectivity index (χ1v) is 11.5. The number of hydrogen-bond acceptors (Lipinski definition) is 6. The van der Waals surface area contributed by atoms with Crippen LogP contribution in [0.4, 0.5) is 10.8 Å². The van der Waals surface area contributed by atoms with Crippen LogP contribution in [0.2, 0.25) is 5.15 Å². The van der Waals surface area contributed by atoms with E-state index < -0.39 is 10.0 Å². The standard InChI is InChI=1S/C18H19ClN4O3S2/c1-3-4-7-28(25,26)23-15-8-13(10-20-17(15)19)12-5-6-14-16(9-12)27-18(22-14)21-11(2)24/h5-6,8-10,23H,3-4,7H2,1-2H3,(H,21,22,24). The van der Waals surface area contributed by atoms with Gasteiger partial charge in [0, 0.05) is 18.7 Å². The molecular weight excluding hydrogens is 420 g/mol. The third-order valence-electron chi connectivity index (χ3n) is 3.88. The third-order valence-corrected chi connectivity index (χ3v) is 6.47. The van der Waals surface area contributed by atoms with Crippen LogP contribution in [0, 0.1) is 0 Å². The molecule has 0 aliphatic heterocycles. The van der Waals surface area contributed by atoms with E-state index in [0.29, 0.717) is 17.1 Å². The second-order valence-electron chi connectivity index (χ2n) is 6.22. The van der Waals surface area contributed by atoms with E-state index in [0.717, 1.165) is 22.2 Å². The molecule has 0 spiro atoms. The molecule has 7 nitrogen and oxygen atoms in total. The number of benzene rings is 1. The smallest absolute Gasteiger partial charge is 0.232 e. The zero-order valence-electron chi connectivity index (χ0n) is 15.3. The van der Waals surface area contributed by atoms with Gasteiger partial charge in [0.2, 0.25) is 15.9 Å². The summed E-state index contributed by atoms with van der Waals surface area (Å²) in [4.78, 5) is 19.7. The Bertz CT molecular complexity index is 1130. The fourth-order valence-electron chi connectivity index (χ4n) is 2.54. The molecule has 0 unspecified atom stereocenters. The quantitative estimate of drug-likeness (QED) is 0.528. The van der Waals surface area contributed by atoms with Gasteiger partial charge in [0.1, 0.15) is 0 Å². The summed E-state index contributed by atoms with van der Waals surface area (Å²) in [6.45, 7) is 3.36. The molecule has 0 atom stereocenters. The van der Waals surface area contributed by atoms with Crippen molar-refractivity contribution in [2.75, 3.05) is 15.8 Å². The Morgan fingerprint density at radius 3 is 2.75 bits per heavy atom. The van der Waals surface area contributed by atoms with Crippen LogP contribution < -0.4 is 10.0 Å². The number of pyridine rings is 1. The summed E-state index contributed by atoms with van der Waals surface area (Å²) in [5.41, 5.74) is 2.57. The Morgan fingerprint density at radius 2 is 2.04 bits per heavy atom. The monoisotopic (exact) mass is 438 g/mol. The van der Waals surface area contributed by atoms with Crippen LogP contribution in [0.1, 0.15) is 26.7 Å². The van der Waals surface area contributed by atoms with Gasteiger partial charge in [-0.2, -0.15) is 0 Å². The van der Waals surface area contributed by atoms with Crippen molar-refractivity contribution >= 4 is 59.9 Å². The van der Waals surface area contributed by atoms with Crippen molar-refractivity contribution in [2.45, 2.75) is 26.7 Å². The summed E-state index contributed by atoms with van der Waals surface area (Å²) in [6.07, 6.45) is 2.93. The predicted octanol–water partition coefficient (Wildman–Crippen LogP) is 4.51. The number of sulfonamides is 1. The highest BCUT2D eigenvalue weighted by molar-refractivity contribution is 7.92. The van der Waals surface area contributed by atoms with Gasteiger partial charge in [-0.25, -0.2) is 18.4 Å². The maximum atomic E-state index is 12.2. The first kappa shape index (κ1) is 20.5. The molecule has 0 aliphatic rings. The fourth-order valence-corrected chi connectivity index (χ4v) is 4.96. The van der Waals surface area contributed by atoms with Gasteiger partial charge in [-0.3, -0.25) is 9.52 Å². The zero-order valence-corrected chi connectivity index (χ0v) is 17.7. The van der Waals surface area contributed by atoms with Crippen LogP contribution in [0.15, 0.2) is 30.5 Å². The average Bonchev–Trinajstić information content (AvgIpc) is 3.02. The normalized spacial score (nSPS) is 11.5. The SMILES string of the molecule is CCCCS(=O)(=O)Nc1cc(-c2ccc3nc(NC(C)=O)sc3c2)cnc1Cl. The van der Waals surface area contributed by atoms with Crippen molar-refractivity contribution in [1.82, 2.24) is 9.97 Å². The van der Waals surface area contributed by atoms with E-state index >= 15 is 0 Å². The van der Waals surface area contributed by atoms with E-state index in [-0.39, 0.29) is 22.5 Å². The Hall–Kier alpha value is -2.23. The summed E-state index contributed by atoms with van der Waals surface area (Å²) in [5, 5.41) is 3.29. The van der Waals surface area contributed by atoms with Crippen LogP contribution in [-0.2, 0) is 14.8 Å². The van der Waals surface area contributed by atoms with Gasteiger partial charge >= 0.3 is 0 Å². The predicted molar refractivity (Wildman–Crippen MR) is 114 cm³/mol. The van der Waals surface area contributed by atoms with E-state index in [4.69, 9.17) is 11.6 Å². The Labute approximate surface area is 172 Å². The molecule has 2 heterocycles. The number of rotatable bonds is 7. The molecule has 0 bridgehead atoms. The molecule has 10 heteroatoms. The number of unbranched alkanes of at least 4 members (excludes halogenated alkanes) is 1. The first-order chi connectivity index (χ1) is 13.3. The van der Waals surface area contributed by atoms with Gasteiger partial charge in [0.25, 0.3) is 0 Å². The minimum Gasteiger partial charge on any atom is -0.302 e. The van der Waals surface area contributed by atoms with Crippen molar-refractivity contribution in [1.29, 1.82) is 0 Å². The van der Waals surface area contributed by atoms with Gasteiger partial charge < -0.3 is 5.32 Å². The Balaban J connectivity index is 1.92. The molecular formula is C18H19ClN4O3S2. The number of halogens is 1. The molecule has 3 aromatic rings. The lowest BCUT2D eigenvalue weighted by Crippen LogP contribution is -2.17. The van der Waals surface area contributed by atoms with Gasteiger partial charge in [0.15, 0.2) is 10.3 Å². The molecule has 0 fully saturated rings. The molecule has 3 rings (SSSR count). The fraction of sp³-hybridized carbons (Fsp3) is 0.278. The lowest BCUT2D eigenvalue weighted by Gasteiger charge is -2.10. The molecule has 1 aromatic carbocycles. The second kappa shape index (κ2) is 8.42. The summed E-state index contributed by atoms with van der Waals surface area (Å²) in [6, 6.07) is 7.28. The molecule has 148 valence electrons. The highest BCUT2D eigenvalue weighted by Crippen LogP contribution is 2.32. The first-order valence-electron chi connectivity index (χ1n) is 8.62. The van der Waals surface area contributed by atoms with Crippen molar-refractivity contribution in [3.8, 4) is 11.1 Å². The minimum atomic E-state index is -3.48. The number of carbonyl (C=O) groups excluding carboxylic acids is 1. The van der Waals surface area contributed by atoms with Gasteiger partial charge in [0.05, 0.1) is 21.7 Å². The van der Waals surface area contributed by atoms with Gasteiger partial charge in [-0.05, 0) is 30.2 Å². The lowest BCUT2D eigenvalue weighted by molar-refractivity contribution is -0.114. The molecule has 2 aromatic heterocycles. The van der Waals surface area contributed by atoms with Crippen molar-refractivity contribution in [2.24, 2.45) is 0 Å². The number of carbonyl (C=O) groups is 1. The summed E-state index contributed by atoms with van der Waals surface area (Å²) < 4.78 is 27.8. The van der Waals surface area contributed by atoms with E-state index in [1.54, 1.807) is 12.3 Å². The van der Waals surface area contributed by atoms with E-state index in [1.807, 2.05) is 25.1 Å². The Morgan fingerprint density at radius 1 is 1.25 bits per heavy atom. The van der Waals surface area contributed by atoms with Crippen molar-refractivity contribution in [3.05, 3.63) is 35.6 Å².